The number of aliphatic carboxylic acids is 1. The second-order valence-corrected chi connectivity index (χ2v) is 7.00. The molecule has 2 aromatic rings. The van der Waals surface area contributed by atoms with E-state index in [1.807, 2.05) is 48.7 Å². The summed E-state index contributed by atoms with van der Waals surface area (Å²) in [7, 11) is 0. The second-order valence-electron chi connectivity index (χ2n) is 5.58. The van der Waals surface area contributed by atoms with Crippen molar-refractivity contribution < 1.29 is 14.6 Å². The van der Waals surface area contributed by atoms with Gasteiger partial charge in [-0.05, 0) is 42.2 Å². The largest absolute Gasteiger partial charge is 0.489 e. The van der Waals surface area contributed by atoms with Crippen molar-refractivity contribution in [1.29, 1.82) is 0 Å². The van der Waals surface area contributed by atoms with E-state index in [1.54, 1.807) is 17.8 Å². The van der Waals surface area contributed by atoms with Crippen LogP contribution in [-0.2, 0) is 17.9 Å². The number of benzene rings is 2. The molecule has 0 aliphatic carbocycles. The average molecular weight is 380 g/mol. The van der Waals surface area contributed by atoms with Crippen molar-refractivity contribution in [2.45, 2.75) is 25.6 Å². The Hall–Kier alpha value is -1.69. The summed E-state index contributed by atoms with van der Waals surface area (Å²) in [5.74, 6) is 0.647. The third-order valence-corrected chi connectivity index (χ3v) is 4.59. The highest BCUT2D eigenvalue weighted by molar-refractivity contribution is 7.98. The van der Waals surface area contributed by atoms with Gasteiger partial charge in [0.15, 0.2) is 0 Å². The lowest BCUT2D eigenvalue weighted by Crippen LogP contribution is -2.36. The molecule has 134 valence electrons. The smallest absolute Gasteiger partial charge is 0.320 e. The minimum absolute atomic E-state index is 0.385. The van der Waals surface area contributed by atoms with Gasteiger partial charge in [-0.1, -0.05) is 41.9 Å². The van der Waals surface area contributed by atoms with Crippen LogP contribution in [0, 0.1) is 0 Å². The van der Waals surface area contributed by atoms with Crippen LogP contribution in [0.5, 0.6) is 5.75 Å². The molecule has 1 atom stereocenters. The van der Waals surface area contributed by atoms with Crippen LogP contribution in [0.3, 0.4) is 0 Å². The van der Waals surface area contributed by atoms with E-state index in [0.29, 0.717) is 30.3 Å². The average Bonchev–Trinajstić information content (AvgIpc) is 2.61. The van der Waals surface area contributed by atoms with E-state index in [1.165, 1.54) is 0 Å². The molecule has 1 unspecified atom stereocenters. The summed E-state index contributed by atoms with van der Waals surface area (Å²) in [6.07, 6.45) is 2.53. The molecule has 6 heteroatoms. The SMILES string of the molecule is CSCCC(NCc1cc(Cl)ccc1OCc1ccccc1)C(=O)O. The van der Waals surface area contributed by atoms with Gasteiger partial charge in [-0.2, -0.15) is 11.8 Å². The van der Waals surface area contributed by atoms with Crippen LogP contribution >= 0.6 is 23.4 Å². The van der Waals surface area contributed by atoms with Gasteiger partial charge in [0, 0.05) is 17.1 Å². The molecule has 0 saturated carbocycles. The minimum atomic E-state index is -0.845. The van der Waals surface area contributed by atoms with Crippen molar-refractivity contribution in [2.75, 3.05) is 12.0 Å². The first-order valence-corrected chi connectivity index (χ1v) is 9.77. The molecule has 0 aromatic heterocycles. The van der Waals surface area contributed by atoms with Gasteiger partial charge in [-0.3, -0.25) is 4.79 Å². The molecule has 0 amide bonds. The maximum Gasteiger partial charge on any atom is 0.320 e. The number of rotatable bonds is 10. The van der Waals surface area contributed by atoms with Gasteiger partial charge in [-0.15, -0.1) is 0 Å². The van der Waals surface area contributed by atoms with Crippen molar-refractivity contribution >= 4 is 29.3 Å². The van der Waals surface area contributed by atoms with Crippen LogP contribution < -0.4 is 10.1 Å². The predicted octanol–water partition coefficient (Wildman–Crippen LogP) is 4.21. The molecule has 0 saturated heterocycles. The topological polar surface area (TPSA) is 58.6 Å². The van der Waals surface area contributed by atoms with Crippen molar-refractivity contribution in [3.63, 3.8) is 0 Å². The molecule has 0 fully saturated rings. The fourth-order valence-corrected chi connectivity index (χ4v) is 3.01. The molecular formula is C19H22ClNO3S. The van der Waals surface area contributed by atoms with E-state index in [9.17, 15) is 9.90 Å². The van der Waals surface area contributed by atoms with Crippen molar-refractivity contribution in [1.82, 2.24) is 5.32 Å². The van der Waals surface area contributed by atoms with Gasteiger partial charge in [0.05, 0.1) is 0 Å². The number of thioether (sulfide) groups is 1. The number of carboxylic acids is 1. The summed E-state index contributed by atoms with van der Waals surface area (Å²) in [6, 6.07) is 14.7. The van der Waals surface area contributed by atoms with E-state index in [0.717, 1.165) is 16.9 Å². The highest BCUT2D eigenvalue weighted by Gasteiger charge is 2.17. The molecule has 0 bridgehead atoms. The summed E-state index contributed by atoms with van der Waals surface area (Å²) in [5.41, 5.74) is 1.92. The van der Waals surface area contributed by atoms with E-state index in [4.69, 9.17) is 16.3 Å². The first-order chi connectivity index (χ1) is 12.1. The molecule has 0 radical (unpaired) electrons. The number of ether oxygens (including phenoxy) is 1. The van der Waals surface area contributed by atoms with Gasteiger partial charge in [-0.25, -0.2) is 0 Å². The van der Waals surface area contributed by atoms with Crippen LogP contribution in [0.1, 0.15) is 17.5 Å². The zero-order valence-corrected chi connectivity index (χ0v) is 15.6. The number of hydrogen-bond donors (Lipinski definition) is 2. The maximum absolute atomic E-state index is 11.4. The minimum Gasteiger partial charge on any atom is -0.489 e. The molecule has 0 spiro atoms. The van der Waals surface area contributed by atoms with Crippen molar-refractivity contribution in [2.24, 2.45) is 0 Å². The third kappa shape index (κ3) is 6.61. The molecule has 0 aliphatic rings. The molecule has 0 heterocycles. The Morgan fingerprint density at radius 2 is 2.04 bits per heavy atom. The summed E-state index contributed by atoms with van der Waals surface area (Å²) in [5, 5.41) is 13.0. The zero-order chi connectivity index (χ0) is 18.1. The summed E-state index contributed by atoms with van der Waals surface area (Å²) < 4.78 is 5.90. The lowest BCUT2D eigenvalue weighted by atomic mass is 10.1. The van der Waals surface area contributed by atoms with Crippen LogP contribution in [0.15, 0.2) is 48.5 Å². The van der Waals surface area contributed by atoms with Gasteiger partial charge in [0.1, 0.15) is 18.4 Å². The van der Waals surface area contributed by atoms with Crippen LogP contribution in [0.2, 0.25) is 5.02 Å². The molecule has 2 N–H and O–H groups in total. The van der Waals surface area contributed by atoms with Crippen LogP contribution in [0.4, 0.5) is 0 Å². The molecule has 4 nitrogen and oxygen atoms in total. The zero-order valence-electron chi connectivity index (χ0n) is 14.1. The Labute approximate surface area is 157 Å². The van der Waals surface area contributed by atoms with Crippen LogP contribution in [0.25, 0.3) is 0 Å². The standard InChI is InChI=1S/C19H22ClNO3S/c1-25-10-9-17(19(22)23)21-12-15-11-16(20)7-8-18(15)24-13-14-5-3-2-4-6-14/h2-8,11,17,21H,9-10,12-13H2,1H3,(H,22,23). The van der Waals surface area contributed by atoms with Crippen molar-refractivity contribution in [3.05, 3.63) is 64.7 Å². The first kappa shape index (κ1) is 19.6. The highest BCUT2D eigenvalue weighted by atomic mass is 35.5. The molecule has 2 aromatic carbocycles. The number of carboxylic acid groups (broad SMARTS) is 1. The lowest BCUT2D eigenvalue weighted by Gasteiger charge is -2.16. The van der Waals surface area contributed by atoms with Gasteiger partial charge in [0.25, 0.3) is 0 Å². The number of carbonyl (C=O) groups is 1. The fraction of sp³-hybridized carbons (Fsp3) is 0.316. The summed E-state index contributed by atoms with van der Waals surface area (Å²) in [4.78, 5) is 11.4. The Morgan fingerprint density at radius 1 is 1.28 bits per heavy atom. The molecule has 25 heavy (non-hydrogen) atoms. The van der Waals surface area contributed by atoms with Crippen LogP contribution in [-0.4, -0.2) is 29.1 Å². The first-order valence-electron chi connectivity index (χ1n) is 8.00. The number of hydrogen-bond acceptors (Lipinski definition) is 4. The van der Waals surface area contributed by atoms with Gasteiger partial charge in [0.2, 0.25) is 0 Å². The highest BCUT2D eigenvalue weighted by Crippen LogP contribution is 2.24. The Balaban J connectivity index is 2.03. The van der Waals surface area contributed by atoms with E-state index in [2.05, 4.69) is 5.32 Å². The summed E-state index contributed by atoms with van der Waals surface area (Å²) in [6.45, 7) is 0.834. The Kier molecular flexibility index (Phi) is 8.12. The Morgan fingerprint density at radius 3 is 2.72 bits per heavy atom. The maximum atomic E-state index is 11.4. The van der Waals surface area contributed by atoms with E-state index >= 15 is 0 Å². The second kappa shape index (κ2) is 10.3. The normalized spacial score (nSPS) is 11.9. The molecule has 2 rings (SSSR count). The lowest BCUT2D eigenvalue weighted by molar-refractivity contribution is -0.139. The van der Waals surface area contributed by atoms with Gasteiger partial charge >= 0.3 is 5.97 Å². The number of nitrogens with one attached hydrogen (secondary N) is 1. The quantitative estimate of drug-likeness (QED) is 0.647. The van der Waals surface area contributed by atoms with E-state index in [-0.39, 0.29) is 0 Å². The van der Waals surface area contributed by atoms with Gasteiger partial charge < -0.3 is 15.2 Å². The predicted molar refractivity (Wildman–Crippen MR) is 103 cm³/mol. The Bertz CT molecular complexity index is 682. The monoisotopic (exact) mass is 379 g/mol. The molecule has 0 aliphatic heterocycles. The third-order valence-electron chi connectivity index (χ3n) is 3.71. The summed E-state index contributed by atoms with van der Waals surface area (Å²) >= 11 is 7.72. The fourth-order valence-electron chi connectivity index (χ4n) is 2.34. The number of halogens is 1. The van der Waals surface area contributed by atoms with E-state index < -0.39 is 12.0 Å². The van der Waals surface area contributed by atoms with Crippen molar-refractivity contribution in [3.8, 4) is 5.75 Å². The molecular weight excluding hydrogens is 358 g/mol.